The minimum Gasteiger partial charge on any atom is -0.497 e. The molecule has 1 aliphatic heterocycles. The van der Waals surface area contributed by atoms with Gasteiger partial charge >= 0.3 is 0 Å². The number of benzene rings is 2. The molecule has 3 rings (SSSR count). The van der Waals surface area contributed by atoms with E-state index in [0.717, 1.165) is 5.56 Å². The van der Waals surface area contributed by atoms with Crippen LogP contribution in [0.15, 0.2) is 36.4 Å². The molecule has 120 valence electrons. The Kier molecular flexibility index (Phi) is 4.10. The van der Waals surface area contributed by atoms with Crippen molar-refractivity contribution < 1.29 is 23.7 Å². The lowest BCUT2D eigenvalue weighted by Gasteiger charge is -2.27. The molecule has 0 aromatic heterocycles. The van der Waals surface area contributed by atoms with Crippen molar-refractivity contribution in [3.63, 3.8) is 0 Å². The monoisotopic (exact) mass is 314 g/mol. The molecule has 1 heterocycles. The van der Waals surface area contributed by atoms with Crippen molar-refractivity contribution in [1.29, 1.82) is 0 Å². The van der Waals surface area contributed by atoms with Crippen LogP contribution in [-0.4, -0.2) is 27.1 Å². The van der Waals surface area contributed by atoms with Gasteiger partial charge in [0.15, 0.2) is 17.3 Å². The van der Waals surface area contributed by atoms with Gasteiger partial charge in [0.2, 0.25) is 0 Å². The number of carbonyl (C=O) groups excluding carboxylic acids is 1. The second kappa shape index (κ2) is 6.20. The summed E-state index contributed by atoms with van der Waals surface area (Å²) >= 11 is 0. The molecule has 0 fully saturated rings. The molecule has 0 bridgehead atoms. The molecule has 1 aliphatic rings. The number of fused-ring (bicyclic) bond motifs is 1. The van der Waals surface area contributed by atoms with Crippen molar-refractivity contribution in [2.45, 2.75) is 12.5 Å². The number of para-hydroxylation sites is 1. The Morgan fingerprint density at radius 1 is 1.04 bits per heavy atom. The van der Waals surface area contributed by atoms with Gasteiger partial charge in [-0.1, -0.05) is 12.1 Å². The quantitative estimate of drug-likeness (QED) is 0.865. The van der Waals surface area contributed by atoms with Gasteiger partial charge in [-0.25, -0.2) is 0 Å². The second-order valence-electron chi connectivity index (χ2n) is 5.18. The van der Waals surface area contributed by atoms with Gasteiger partial charge in [0.25, 0.3) is 0 Å². The van der Waals surface area contributed by atoms with Crippen LogP contribution in [0.5, 0.6) is 23.0 Å². The zero-order valence-electron chi connectivity index (χ0n) is 13.3. The van der Waals surface area contributed by atoms with E-state index in [-0.39, 0.29) is 12.2 Å². The highest BCUT2D eigenvalue weighted by Gasteiger charge is 2.30. The van der Waals surface area contributed by atoms with Gasteiger partial charge in [-0.2, -0.15) is 0 Å². The molecule has 2 aromatic rings. The molecule has 5 nitrogen and oxygen atoms in total. The third-order valence-corrected chi connectivity index (χ3v) is 3.91. The first kappa shape index (κ1) is 15.2. The van der Waals surface area contributed by atoms with E-state index in [2.05, 4.69) is 0 Å². The van der Waals surface area contributed by atoms with Gasteiger partial charge in [0.05, 0.1) is 33.3 Å². The minimum absolute atomic E-state index is 0.0313. The van der Waals surface area contributed by atoms with Gasteiger partial charge in [0, 0.05) is 11.6 Å². The highest BCUT2D eigenvalue weighted by molar-refractivity contribution is 6.00. The van der Waals surface area contributed by atoms with E-state index in [4.69, 9.17) is 18.9 Å². The SMILES string of the molecule is COc1ccc2c(c1)OC(c1cccc(OC)c1OC)CC2=O. The highest BCUT2D eigenvalue weighted by Crippen LogP contribution is 2.42. The summed E-state index contributed by atoms with van der Waals surface area (Å²) < 4.78 is 22.0. The van der Waals surface area contributed by atoms with Crippen LogP contribution in [0.25, 0.3) is 0 Å². The molecule has 0 N–H and O–H groups in total. The van der Waals surface area contributed by atoms with Gasteiger partial charge in [0.1, 0.15) is 17.6 Å². The molecule has 1 unspecified atom stereocenters. The zero-order chi connectivity index (χ0) is 16.4. The smallest absolute Gasteiger partial charge is 0.170 e. The van der Waals surface area contributed by atoms with E-state index in [9.17, 15) is 4.79 Å². The summed E-state index contributed by atoms with van der Waals surface area (Å²) in [5, 5.41) is 0. The topological polar surface area (TPSA) is 54.0 Å². The summed E-state index contributed by atoms with van der Waals surface area (Å²) in [6.07, 6.45) is -0.171. The average Bonchev–Trinajstić information content (AvgIpc) is 2.60. The van der Waals surface area contributed by atoms with Crippen molar-refractivity contribution in [3.8, 4) is 23.0 Å². The molecule has 1 atom stereocenters. The molecule has 0 amide bonds. The highest BCUT2D eigenvalue weighted by atomic mass is 16.5. The lowest BCUT2D eigenvalue weighted by atomic mass is 9.95. The fourth-order valence-electron chi connectivity index (χ4n) is 2.77. The fraction of sp³-hybridized carbons (Fsp3) is 0.278. The number of hydrogen-bond acceptors (Lipinski definition) is 5. The normalized spacial score (nSPS) is 16.3. The maximum absolute atomic E-state index is 12.4. The number of ketones is 1. The van der Waals surface area contributed by atoms with Crippen LogP contribution in [-0.2, 0) is 0 Å². The predicted octanol–water partition coefficient (Wildman–Crippen LogP) is 3.42. The number of hydrogen-bond donors (Lipinski definition) is 0. The van der Waals surface area contributed by atoms with Gasteiger partial charge in [-0.05, 0) is 18.2 Å². The number of methoxy groups -OCH3 is 3. The molecule has 5 heteroatoms. The minimum atomic E-state index is -0.424. The van der Waals surface area contributed by atoms with Gasteiger partial charge in [-0.3, -0.25) is 4.79 Å². The number of rotatable bonds is 4. The number of carbonyl (C=O) groups is 1. The Morgan fingerprint density at radius 2 is 1.87 bits per heavy atom. The fourth-order valence-corrected chi connectivity index (χ4v) is 2.77. The van der Waals surface area contributed by atoms with Gasteiger partial charge < -0.3 is 18.9 Å². The molecule has 0 aliphatic carbocycles. The second-order valence-corrected chi connectivity index (χ2v) is 5.18. The molecule has 0 saturated heterocycles. The Bertz CT molecular complexity index is 738. The van der Waals surface area contributed by atoms with Crippen molar-refractivity contribution >= 4 is 5.78 Å². The Morgan fingerprint density at radius 3 is 2.57 bits per heavy atom. The standard InChI is InChI=1S/C18H18O5/c1-20-11-7-8-12-14(19)10-17(23-16(12)9-11)13-5-4-6-15(21-2)18(13)22-3/h4-9,17H,10H2,1-3H3. The maximum Gasteiger partial charge on any atom is 0.170 e. The summed E-state index contributed by atoms with van der Waals surface area (Å²) in [7, 11) is 4.73. The van der Waals surface area contributed by atoms with E-state index in [0.29, 0.717) is 28.6 Å². The van der Waals surface area contributed by atoms with E-state index in [1.165, 1.54) is 0 Å². The lowest BCUT2D eigenvalue weighted by Crippen LogP contribution is -2.21. The van der Waals surface area contributed by atoms with Crippen LogP contribution in [0.1, 0.15) is 28.4 Å². The van der Waals surface area contributed by atoms with E-state index in [1.807, 2.05) is 18.2 Å². The molecule has 0 saturated carbocycles. The first-order valence-electron chi connectivity index (χ1n) is 7.26. The van der Waals surface area contributed by atoms with E-state index in [1.54, 1.807) is 39.5 Å². The summed E-state index contributed by atoms with van der Waals surface area (Å²) in [5.41, 5.74) is 1.36. The predicted molar refractivity (Wildman–Crippen MR) is 84.9 cm³/mol. The summed E-state index contributed by atoms with van der Waals surface area (Å²) in [6, 6.07) is 10.8. The van der Waals surface area contributed by atoms with Crippen LogP contribution in [0.4, 0.5) is 0 Å². The molecule has 2 aromatic carbocycles. The summed E-state index contributed by atoms with van der Waals surface area (Å²) in [6.45, 7) is 0. The van der Waals surface area contributed by atoms with E-state index < -0.39 is 6.10 Å². The third-order valence-electron chi connectivity index (χ3n) is 3.91. The van der Waals surface area contributed by atoms with Crippen molar-refractivity contribution in [3.05, 3.63) is 47.5 Å². The number of ether oxygens (including phenoxy) is 4. The van der Waals surface area contributed by atoms with Gasteiger partial charge in [-0.15, -0.1) is 0 Å². The van der Waals surface area contributed by atoms with Crippen molar-refractivity contribution in [2.24, 2.45) is 0 Å². The van der Waals surface area contributed by atoms with E-state index >= 15 is 0 Å². The van der Waals surface area contributed by atoms with Crippen molar-refractivity contribution in [2.75, 3.05) is 21.3 Å². The number of Topliss-reactive ketones (excluding diaryl/α,β-unsaturated/α-hetero) is 1. The van der Waals surface area contributed by atoms with Crippen molar-refractivity contribution in [1.82, 2.24) is 0 Å². The maximum atomic E-state index is 12.4. The Labute approximate surface area is 134 Å². The molecule has 0 spiro atoms. The van der Waals surface area contributed by atoms with Crippen LogP contribution < -0.4 is 18.9 Å². The molecular weight excluding hydrogens is 296 g/mol. The third kappa shape index (κ3) is 2.70. The largest absolute Gasteiger partial charge is 0.497 e. The van der Waals surface area contributed by atoms with Crippen LogP contribution in [0.3, 0.4) is 0 Å². The molecule has 23 heavy (non-hydrogen) atoms. The molecule has 0 radical (unpaired) electrons. The average molecular weight is 314 g/mol. The lowest BCUT2D eigenvalue weighted by molar-refractivity contribution is 0.0845. The zero-order valence-corrected chi connectivity index (χ0v) is 13.3. The summed E-state index contributed by atoms with van der Waals surface area (Å²) in [4.78, 5) is 12.4. The summed E-state index contributed by atoms with van der Waals surface area (Å²) in [5.74, 6) is 2.39. The van der Waals surface area contributed by atoms with Crippen LogP contribution in [0, 0.1) is 0 Å². The molecular formula is C18H18O5. The Hall–Kier alpha value is -2.69. The Balaban J connectivity index is 2.01. The first-order valence-corrected chi connectivity index (χ1v) is 7.26. The first-order chi connectivity index (χ1) is 11.2. The van der Waals surface area contributed by atoms with Crippen LogP contribution in [0.2, 0.25) is 0 Å². The van der Waals surface area contributed by atoms with Crippen LogP contribution >= 0.6 is 0 Å².